The molecule has 2 aromatic rings. The number of fused-ring (bicyclic) bond motifs is 1. The number of rotatable bonds is 7. The third-order valence-electron chi connectivity index (χ3n) is 5.18. The van der Waals surface area contributed by atoms with E-state index in [1.165, 1.54) is 12.1 Å². The molecule has 3 rings (SSSR count). The van der Waals surface area contributed by atoms with Gasteiger partial charge in [0.2, 0.25) is 5.91 Å². The minimum Gasteiger partial charge on any atom is -0.387 e. The van der Waals surface area contributed by atoms with Crippen molar-refractivity contribution in [2.75, 3.05) is 6.54 Å². The monoisotopic (exact) mass is 451 g/mol. The van der Waals surface area contributed by atoms with E-state index in [0.29, 0.717) is 12.0 Å². The first-order valence-electron chi connectivity index (χ1n) is 9.74. The fraction of sp³-hybridized carbons (Fsp3) is 0.333. The number of hydrogen-bond donors (Lipinski definition) is 3. The molecular formula is C21H23F2N3O4S. The molecular weight excluding hydrogens is 428 g/mol. The second-order valence-corrected chi connectivity index (χ2v) is 9.00. The Morgan fingerprint density at radius 2 is 1.90 bits per heavy atom. The lowest BCUT2D eigenvalue weighted by Gasteiger charge is -2.20. The Hall–Kier alpha value is -2.85. The van der Waals surface area contributed by atoms with Gasteiger partial charge in [0, 0.05) is 12.1 Å². The van der Waals surface area contributed by atoms with Crippen molar-refractivity contribution >= 4 is 21.8 Å². The van der Waals surface area contributed by atoms with Crippen molar-refractivity contribution in [3.8, 4) is 0 Å². The topological polar surface area (TPSA) is 108 Å². The fourth-order valence-corrected chi connectivity index (χ4v) is 4.41. The van der Waals surface area contributed by atoms with Crippen molar-refractivity contribution in [2.45, 2.75) is 37.3 Å². The molecule has 7 nitrogen and oxygen atoms in total. The zero-order valence-electron chi connectivity index (χ0n) is 17.0. The number of carbonyl (C=O) groups is 1. The second-order valence-electron chi connectivity index (χ2n) is 7.34. The van der Waals surface area contributed by atoms with E-state index in [1.807, 2.05) is 6.92 Å². The molecule has 1 heterocycles. The highest BCUT2D eigenvalue weighted by Crippen LogP contribution is 2.24. The number of nitrogens with one attached hydrogen (secondary N) is 2. The largest absolute Gasteiger partial charge is 0.387 e. The van der Waals surface area contributed by atoms with E-state index in [9.17, 15) is 27.1 Å². The molecule has 166 valence electrons. The number of amidine groups is 1. The van der Waals surface area contributed by atoms with Crippen LogP contribution >= 0.6 is 0 Å². The molecule has 1 unspecified atom stereocenters. The summed E-state index contributed by atoms with van der Waals surface area (Å²) >= 11 is 0. The van der Waals surface area contributed by atoms with Gasteiger partial charge in [-0.2, -0.15) is 0 Å². The first-order valence-corrected chi connectivity index (χ1v) is 11.2. The van der Waals surface area contributed by atoms with Crippen LogP contribution in [0.5, 0.6) is 0 Å². The number of aliphatic hydroxyl groups excluding tert-OH is 1. The van der Waals surface area contributed by atoms with E-state index in [0.717, 1.165) is 12.1 Å². The van der Waals surface area contributed by atoms with Gasteiger partial charge < -0.3 is 10.4 Å². The van der Waals surface area contributed by atoms with Gasteiger partial charge >= 0.3 is 0 Å². The molecule has 0 radical (unpaired) electrons. The van der Waals surface area contributed by atoms with Crippen LogP contribution in [-0.2, 0) is 14.8 Å². The molecule has 0 aromatic heterocycles. The number of carbonyl (C=O) groups excluding carboxylic acids is 1. The van der Waals surface area contributed by atoms with Crippen molar-refractivity contribution in [2.24, 2.45) is 10.9 Å². The minimum atomic E-state index is -3.75. The summed E-state index contributed by atoms with van der Waals surface area (Å²) in [5, 5.41) is 12.8. The van der Waals surface area contributed by atoms with Gasteiger partial charge in [0.1, 0.15) is 11.9 Å². The summed E-state index contributed by atoms with van der Waals surface area (Å²) in [4.78, 5) is 17.3. The van der Waals surface area contributed by atoms with E-state index in [4.69, 9.17) is 0 Å². The van der Waals surface area contributed by atoms with Crippen LogP contribution in [0.15, 0.2) is 52.4 Å². The Morgan fingerprint density at radius 3 is 2.58 bits per heavy atom. The SMILES string of the molecule is CC[C@H](C)[C@H](N=C1NS(=O)(=O)c2ccccc21)C(=O)NCC(O)c1ccc(F)c(F)c1. The lowest BCUT2D eigenvalue weighted by molar-refractivity contribution is -0.123. The number of sulfonamides is 1. The zero-order valence-corrected chi connectivity index (χ0v) is 17.8. The maximum Gasteiger partial charge on any atom is 0.263 e. The lowest BCUT2D eigenvalue weighted by atomic mass is 9.98. The molecule has 2 aromatic carbocycles. The number of aliphatic imine (C=N–C) groups is 1. The normalized spacial score (nSPS) is 18.7. The van der Waals surface area contributed by atoms with Gasteiger partial charge in [-0.05, 0) is 35.7 Å². The highest BCUT2D eigenvalue weighted by Gasteiger charge is 2.33. The van der Waals surface area contributed by atoms with Crippen LogP contribution in [0.1, 0.15) is 37.5 Å². The zero-order chi connectivity index (χ0) is 22.8. The van der Waals surface area contributed by atoms with Crippen molar-refractivity contribution in [3.63, 3.8) is 0 Å². The van der Waals surface area contributed by atoms with Crippen LogP contribution in [0.4, 0.5) is 8.78 Å². The lowest BCUT2D eigenvalue weighted by Crippen LogP contribution is -2.40. The van der Waals surface area contributed by atoms with Gasteiger partial charge in [0.25, 0.3) is 10.0 Å². The van der Waals surface area contributed by atoms with E-state index < -0.39 is 39.7 Å². The minimum absolute atomic E-state index is 0.0807. The van der Waals surface area contributed by atoms with E-state index in [-0.39, 0.29) is 28.8 Å². The average molecular weight is 451 g/mol. The summed E-state index contributed by atoms with van der Waals surface area (Å²) in [6, 6.07) is 8.39. The first kappa shape index (κ1) is 22.8. The van der Waals surface area contributed by atoms with E-state index >= 15 is 0 Å². The number of halogens is 2. The fourth-order valence-electron chi connectivity index (χ4n) is 3.18. The quantitative estimate of drug-likeness (QED) is 0.600. The van der Waals surface area contributed by atoms with Gasteiger partial charge in [0.05, 0.1) is 11.0 Å². The van der Waals surface area contributed by atoms with Crippen molar-refractivity contribution in [3.05, 3.63) is 65.2 Å². The Labute approximate surface area is 179 Å². The van der Waals surface area contributed by atoms with Gasteiger partial charge in [0.15, 0.2) is 11.6 Å². The average Bonchev–Trinajstić information content (AvgIpc) is 3.01. The summed E-state index contributed by atoms with van der Waals surface area (Å²) in [7, 11) is -3.75. The second kappa shape index (κ2) is 9.11. The maximum atomic E-state index is 13.4. The van der Waals surface area contributed by atoms with Gasteiger partial charge in [-0.25, -0.2) is 17.2 Å². The molecule has 1 aliphatic rings. The summed E-state index contributed by atoms with van der Waals surface area (Å²) < 4.78 is 53.4. The number of benzene rings is 2. The number of aliphatic hydroxyl groups is 1. The molecule has 0 spiro atoms. The maximum absolute atomic E-state index is 13.4. The summed E-state index contributed by atoms with van der Waals surface area (Å²) in [6.07, 6.45) is -0.662. The summed E-state index contributed by atoms with van der Waals surface area (Å²) in [5.41, 5.74) is 0.494. The van der Waals surface area contributed by atoms with Crippen LogP contribution in [0, 0.1) is 17.6 Å². The molecule has 1 aliphatic heterocycles. The third kappa shape index (κ3) is 4.91. The van der Waals surface area contributed by atoms with Crippen LogP contribution in [0.25, 0.3) is 0 Å². The van der Waals surface area contributed by atoms with Crippen LogP contribution in [0.3, 0.4) is 0 Å². The molecule has 10 heteroatoms. The molecule has 31 heavy (non-hydrogen) atoms. The predicted molar refractivity (Wildman–Crippen MR) is 111 cm³/mol. The summed E-state index contributed by atoms with van der Waals surface area (Å²) in [6.45, 7) is 3.42. The Morgan fingerprint density at radius 1 is 1.19 bits per heavy atom. The number of hydrogen-bond acceptors (Lipinski definition) is 5. The molecule has 0 fully saturated rings. The molecule has 0 saturated carbocycles. The molecule has 0 bridgehead atoms. The predicted octanol–water partition coefficient (Wildman–Crippen LogP) is 2.27. The molecule has 3 atom stereocenters. The highest BCUT2D eigenvalue weighted by molar-refractivity contribution is 7.90. The van der Waals surface area contributed by atoms with Crippen LogP contribution in [-0.4, -0.2) is 37.9 Å². The van der Waals surface area contributed by atoms with E-state index in [1.54, 1.807) is 25.1 Å². The number of amides is 1. The Balaban J connectivity index is 1.79. The first-order chi connectivity index (χ1) is 14.6. The van der Waals surface area contributed by atoms with Crippen LogP contribution in [0.2, 0.25) is 0 Å². The van der Waals surface area contributed by atoms with Crippen molar-refractivity contribution in [1.29, 1.82) is 0 Å². The number of nitrogens with zero attached hydrogens (tertiary/aromatic N) is 1. The van der Waals surface area contributed by atoms with Crippen LogP contribution < -0.4 is 10.0 Å². The van der Waals surface area contributed by atoms with E-state index in [2.05, 4.69) is 15.0 Å². The van der Waals surface area contributed by atoms with Crippen molar-refractivity contribution in [1.82, 2.24) is 10.0 Å². The van der Waals surface area contributed by atoms with Gasteiger partial charge in [-0.15, -0.1) is 0 Å². The highest BCUT2D eigenvalue weighted by atomic mass is 32.2. The third-order valence-corrected chi connectivity index (χ3v) is 6.58. The molecule has 0 aliphatic carbocycles. The standard InChI is InChI=1S/C21H23F2N3O4S/c1-3-12(2)19(25-20-14-6-4-5-7-18(14)31(29,30)26-20)21(28)24-11-17(27)13-8-9-15(22)16(23)10-13/h4-10,12,17,19,27H,3,11H2,1-2H3,(H,24,28)(H,25,26)/t12-,17?,19-/m0/s1. The van der Waals surface area contributed by atoms with Crippen molar-refractivity contribution < 1.29 is 27.1 Å². The smallest absolute Gasteiger partial charge is 0.263 e. The molecule has 0 saturated heterocycles. The van der Waals surface area contributed by atoms with Gasteiger partial charge in [-0.1, -0.05) is 38.5 Å². The van der Waals surface area contributed by atoms with Gasteiger partial charge in [-0.3, -0.25) is 14.5 Å². The Bertz CT molecular complexity index is 1120. The summed E-state index contributed by atoms with van der Waals surface area (Å²) in [5.74, 6) is -2.81. The Kier molecular flexibility index (Phi) is 6.71. The molecule has 1 amide bonds. The molecule has 3 N–H and O–H groups in total.